The van der Waals surface area contributed by atoms with Crippen molar-refractivity contribution in [3.63, 3.8) is 0 Å². The summed E-state index contributed by atoms with van der Waals surface area (Å²) in [4.78, 5) is 22.7. The Morgan fingerprint density at radius 2 is 1.89 bits per heavy atom. The standard InChI is InChI=1S/C14H17NO4/c1-7-4-11(12(19-3)5-8(7)2)15-13(16)9-6-10(9)14(17)18/h4-5,9-10H,6H2,1-3H3,(H,15,16)(H,17,18). The second kappa shape index (κ2) is 4.91. The Kier molecular flexibility index (Phi) is 3.46. The minimum absolute atomic E-state index is 0.256. The lowest BCUT2D eigenvalue weighted by atomic mass is 10.1. The number of carboxylic acid groups (broad SMARTS) is 1. The van der Waals surface area contributed by atoms with Crippen LogP contribution in [-0.2, 0) is 9.59 Å². The number of aryl methyl sites for hydroxylation is 2. The molecule has 5 heteroatoms. The van der Waals surface area contributed by atoms with Crippen LogP contribution in [0.2, 0.25) is 0 Å². The van der Waals surface area contributed by atoms with E-state index < -0.39 is 17.8 Å². The molecule has 0 radical (unpaired) electrons. The van der Waals surface area contributed by atoms with Crippen LogP contribution in [-0.4, -0.2) is 24.1 Å². The summed E-state index contributed by atoms with van der Waals surface area (Å²) in [6.45, 7) is 3.91. The number of carboxylic acids is 1. The van der Waals surface area contributed by atoms with E-state index in [1.54, 1.807) is 0 Å². The summed E-state index contributed by atoms with van der Waals surface area (Å²) >= 11 is 0. The molecular weight excluding hydrogens is 246 g/mol. The van der Waals surface area contributed by atoms with E-state index in [1.165, 1.54) is 7.11 Å². The molecule has 0 bridgehead atoms. The Bertz CT molecular complexity index is 538. The molecule has 5 nitrogen and oxygen atoms in total. The van der Waals surface area contributed by atoms with Crippen LogP contribution in [0.5, 0.6) is 5.75 Å². The molecule has 1 amide bonds. The maximum Gasteiger partial charge on any atom is 0.307 e. The van der Waals surface area contributed by atoms with Gasteiger partial charge in [-0.15, -0.1) is 0 Å². The average molecular weight is 263 g/mol. The molecule has 0 heterocycles. The van der Waals surface area contributed by atoms with Crippen molar-refractivity contribution in [2.24, 2.45) is 11.8 Å². The molecule has 19 heavy (non-hydrogen) atoms. The molecular formula is C14H17NO4. The van der Waals surface area contributed by atoms with Gasteiger partial charge in [0.2, 0.25) is 5.91 Å². The van der Waals surface area contributed by atoms with E-state index >= 15 is 0 Å². The van der Waals surface area contributed by atoms with E-state index in [9.17, 15) is 9.59 Å². The van der Waals surface area contributed by atoms with Crippen LogP contribution in [0.4, 0.5) is 5.69 Å². The first kappa shape index (κ1) is 13.4. The quantitative estimate of drug-likeness (QED) is 0.870. The number of amides is 1. The van der Waals surface area contributed by atoms with Gasteiger partial charge >= 0.3 is 5.97 Å². The average Bonchev–Trinajstić information content (AvgIpc) is 3.13. The zero-order chi connectivity index (χ0) is 14.2. The third-order valence-electron chi connectivity index (χ3n) is 3.52. The predicted octanol–water partition coefficient (Wildman–Crippen LogP) is 1.97. The largest absolute Gasteiger partial charge is 0.495 e. The fraction of sp³-hybridized carbons (Fsp3) is 0.429. The summed E-state index contributed by atoms with van der Waals surface area (Å²) in [6.07, 6.45) is 0.411. The number of benzene rings is 1. The van der Waals surface area contributed by atoms with Gasteiger partial charge in [-0.25, -0.2) is 0 Å². The molecule has 1 aliphatic carbocycles. The van der Waals surface area contributed by atoms with E-state index in [0.717, 1.165) is 11.1 Å². The maximum absolute atomic E-state index is 11.9. The minimum Gasteiger partial charge on any atom is -0.495 e. The normalized spacial score (nSPS) is 20.8. The summed E-state index contributed by atoms with van der Waals surface area (Å²) in [7, 11) is 1.54. The third-order valence-corrected chi connectivity index (χ3v) is 3.52. The van der Waals surface area contributed by atoms with Crippen molar-refractivity contribution < 1.29 is 19.4 Å². The van der Waals surface area contributed by atoms with Crippen LogP contribution >= 0.6 is 0 Å². The van der Waals surface area contributed by atoms with E-state index in [-0.39, 0.29) is 5.91 Å². The molecule has 2 rings (SSSR count). The van der Waals surface area contributed by atoms with Gasteiger partial charge in [-0.3, -0.25) is 9.59 Å². The highest BCUT2D eigenvalue weighted by atomic mass is 16.5. The highest BCUT2D eigenvalue weighted by molar-refractivity contribution is 5.99. The zero-order valence-corrected chi connectivity index (χ0v) is 11.2. The maximum atomic E-state index is 11.9. The van der Waals surface area contributed by atoms with E-state index in [0.29, 0.717) is 17.9 Å². The lowest BCUT2D eigenvalue weighted by Gasteiger charge is -2.12. The predicted molar refractivity (Wildman–Crippen MR) is 70.3 cm³/mol. The lowest BCUT2D eigenvalue weighted by molar-refractivity contribution is -0.139. The van der Waals surface area contributed by atoms with E-state index in [1.807, 2.05) is 26.0 Å². The topological polar surface area (TPSA) is 75.6 Å². The molecule has 1 aromatic rings. The van der Waals surface area contributed by atoms with Crippen molar-refractivity contribution in [2.45, 2.75) is 20.3 Å². The van der Waals surface area contributed by atoms with Gasteiger partial charge in [0.1, 0.15) is 5.75 Å². The molecule has 0 spiro atoms. The monoisotopic (exact) mass is 263 g/mol. The van der Waals surface area contributed by atoms with Gasteiger partial charge in [0.25, 0.3) is 0 Å². The molecule has 1 fully saturated rings. The molecule has 1 aromatic carbocycles. The van der Waals surface area contributed by atoms with Crippen molar-refractivity contribution in [1.82, 2.24) is 0 Å². The molecule has 102 valence electrons. The second-order valence-corrected chi connectivity index (χ2v) is 4.91. The second-order valence-electron chi connectivity index (χ2n) is 4.91. The molecule has 0 aromatic heterocycles. The van der Waals surface area contributed by atoms with Crippen LogP contribution < -0.4 is 10.1 Å². The van der Waals surface area contributed by atoms with Crippen LogP contribution in [0.15, 0.2) is 12.1 Å². The molecule has 2 N–H and O–H groups in total. The Morgan fingerprint density at radius 3 is 2.42 bits per heavy atom. The zero-order valence-electron chi connectivity index (χ0n) is 11.2. The van der Waals surface area contributed by atoms with Gasteiger partial charge < -0.3 is 15.2 Å². The lowest BCUT2D eigenvalue weighted by Crippen LogP contribution is -2.17. The van der Waals surface area contributed by atoms with Gasteiger partial charge in [0, 0.05) is 0 Å². The smallest absolute Gasteiger partial charge is 0.307 e. The summed E-state index contributed by atoms with van der Waals surface area (Å²) in [5.74, 6) is -1.55. The van der Waals surface area contributed by atoms with E-state index in [4.69, 9.17) is 9.84 Å². The number of hydrogen-bond donors (Lipinski definition) is 2. The first-order valence-electron chi connectivity index (χ1n) is 6.13. The fourth-order valence-electron chi connectivity index (χ4n) is 2.04. The Hall–Kier alpha value is -2.04. The van der Waals surface area contributed by atoms with Gasteiger partial charge in [0.05, 0.1) is 24.6 Å². The number of nitrogens with one attached hydrogen (secondary N) is 1. The van der Waals surface area contributed by atoms with Crippen molar-refractivity contribution in [1.29, 1.82) is 0 Å². The van der Waals surface area contributed by atoms with Gasteiger partial charge in [0.15, 0.2) is 0 Å². The van der Waals surface area contributed by atoms with Gasteiger partial charge in [-0.1, -0.05) is 0 Å². The molecule has 0 saturated heterocycles. The Labute approximate surface area is 111 Å². The molecule has 2 atom stereocenters. The summed E-state index contributed by atoms with van der Waals surface area (Å²) in [5.41, 5.74) is 2.71. The summed E-state index contributed by atoms with van der Waals surface area (Å²) < 4.78 is 5.23. The van der Waals surface area contributed by atoms with Gasteiger partial charge in [-0.2, -0.15) is 0 Å². The van der Waals surface area contributed by atoms with E-state index in [2.05, 4.69) is 5.32 Å². The number of carbonyl (C=O) groups is 2. The highest BCUT2D eigenvalue weighted by Gasteiger charge is 2.48. The summed E-state index contributed by atoms with van der Waals surface area (Å²) in [6, 6.07) is 3.69. The van der Waals surface area contributed by atoms with Crippen LogP contribution in [0.25, 0.3) is 0 Å². The fourth-order valence-corrected chi connectivity index (χ4v) is 2.04. The number of aliphatic carboxylic acids is 1. The highest BCUT2D eigenvalue weighted by Crippen LogP contribution is 2.40. The van der Waals surface area contributed by atoms with Crippen LogP contribution in [0.3, 0.4) is 0 Å². The first-order chi connectivity index (χ1) is 8.93. The molecule has 0 aliphatic heterocycles. The molecule has 1 saturated carbocycles. The van der Waals surface area contributed by atoms with Crippen molar-refractivity contribution in [3.05, 3.63) is 23.3 Å². The SMILES string of the molecule is COc1cc(C)c(C)cc1NC(=O)C1CC1C(=O)O. The number of hydrogen-bond acceptors (Lipinski definition) is 3. The number of rotatable bonds is 4. The van der Waals surface area contributed by atoms with Crippen LogP contribution in [0, 0.1) is 25.7 Å². The number of anilines is 1. The molecule has 2 unspecified atom stereocenters. The first-order valence-corrected chi connectivity index (χ1v) is 6.13. The number of carbonyl (C=O) groups excluding carboxylic acids is 1. The van der Waals surface area contributed by atoms with Gasteiger partial charge in [-0.05, 0) is 43.5 Å². The Morgan fingerprint density at radius 1 is 1.26 bits per heavy atom. The molecule has 1 aliphatic rings. The Balaban J connectivity index is 2.13. The third kappa shape index (κ3) is 2.70. The minimum atomic E-state index is -0.910. The van der Waals surface area contributed by atoms with Crippen molar-refractivity contribution in [2.75, 3.05) is 12.4 Å². The van der Waals surface area contributed by atoms with Crippen molar-refractivity contribution in [3.8, 4) is 5.75 Å². The number of ether oxygens (including phenoxy) is 1. The van der Waals surface area contributed by atoms with Crippen LogP contribution in [0.1, 0.15) is 17.5 Å². The van der Waals surface area contributed by atoms with Crippen molar-refractivity contribution >= 4 is 17.6 Å². The number of methoxy groups -OCH3 is 1. The summed E-state index contributed by atoms with van der Waals surface area (Å²) in [5, 5.41) is 11.6.